The quantitative estimate of drug-likeness (QED) is 0.824. The molecule has 0 spiro atoms. The highest BCUT2D eigenvalue weighted by Gasteiger charge is 2.08. The Hall–Kier alpha value is -2.56. The lowest BCUT2D eigenvalue weighted by Gasteiger charge is -2.07. The molecule has 1 aromatic heterocycles. The number of hydrogen-bond donors (Lipinski definition) is 1. The molecule has 0 aliphatic heterocycles. The smallest absolute Gasteiger partial charge is 0.226 e. The fraction of sp³-hybridized carbons (Fsp3) is 0.250. The fourth-order valence-corrected chi connectivity index (χ4v) is 1.79. The number of benzene rings is 1. The minimum Gasteiger partial charge on any atom is -0.326 e. The lowest BCUT2D eigenvalue weighted by Crippen LogP contribution is -2.16. The maximum Gasteiger partial charge on any atom is 0.226 e. The molecule has 1 atom stereocenters. The Morgan fingerprint density at radius 1 is 1.19 bits per heavy atom. The summed E-state index contributed by atoms with van der Waals surface area (Å²) in [6.07, 6.45) is 3.76. The first-order valence-corrected chi connectivity index (χ1v) is 6.84. The molecule has 1 aromatic carbocycles. The molecule has 0 aliphatic rings. The number of nitrogens with one attached hydrogen (secondary N) is 1. The van der Waals surface area contributed by atoms with Crippen LogP contribution in [-0.2, 0) is 11.3 Å². The molecule has 0 aliphatic carbocycles. The van der Waals surface area contributed by atoms with Crippen LogP contribution in [-0.4, -0.2) is 16.9 Å². The maximum absolute atomic E-state index is 11.8. The van der Waals surface area contributed by atoms with Gasteiger partial charge < -0.3 is 5.32 Å². The monoisotopic (exact) mass is 282 g/mol. The van der Waals surface area contributed by atoms with Crippen molar-refractivity contribution in [2.75, 3.05) is 5.32 Å². The summed E-state index contributed by atoms with van der Waals surface area (Å²) in [7, 11) is 0. The zero-order chi connectivity index (χ0) is 14.9. The van der Waals surface area contributed by atoms with Gasteiger partial charge in [-0.25, -0.2) is 0 Å². The third kappa shape index (κ3) is 5.52. The molecule has 0 bridgehead atoms. The van der Waals surface area contributed by atoms with Crippen LogP contribution in [0.25, 0.3) is 0 Å². The van der Waals surface area contributed by atoms with Gasteiger partial charge in [-0.2, -0.15) is 10.2 Å². The molecule has 1 heterocycles. The summed E-state index contributed by atoms with van der Waals surface area (Å²) >= 11 is 0. The summed E-state index contributed by atoms with van der Waals surface area (Å²) in [6, 6.07) is 13.0. The summed E-state index contributed by atoms with van der Waals surface area (Å²) in [5.74, 6) is -0.0587. The standard InChI is InChI=1S/C16H18N4O/c1-13(20-18-12-14-7-9-17-10-8-14)11-16(21)19-15-5-3-2-4-6-15/h2-10,13H,11-12H2,1H3,(H,19,21). The van der Waals surface area contributed by atoms with Gasteiger partial charge in [0, 0.05) is 18.1 Å². The molecular weight excluding hydrogens is 264 g/mol. The van der Waals surface area contributed by atoms with Crippen molar-refractivity contribution < 1.29 is 4.79 Å². The number of nitrogens with zero attached hydrogens (tertiary/aromatic N) is 3. The van der Waals surface area contributed by atoms with E-state index in [1.165, 1.54) is 0 Å². The Morgan fingerprint density at radius 2 is 1.90 bits per heavy atom. The van der Waals surface area contributed by atoms with Crippen LogP contribution in [0.4, 0.5) is 5.69 Å². The second-order valence-corrected chi connectivity index (χ2v) is 4.74. The topological polar surface area (TPSA) is 66.7 Å². The zero-order valence-corrected chi connectivity index (χ0v) is 11.9. The van der Waals surface area contributed by atoms with Crippen molar-refractivity contribution in [2.45, 2.75) is 25.9 Å². The normalized spacial score (nSPS) is 12.2. The molecule has 1 amide bonds. The van der Waals surface area contributed by atoms with E-state index in [1.807, 2.05) is 49.4 Å². The lowest BCUT2D eigenvalue weighted by atomic mass is 10.2. The van der Waals surface area contributed by atoms with E-state index in [4.69, 9.17) is 0 Å². The third-order valence-electron chi connectivity index (χ3n) is 2.82. The van der Waals surface area contributed by atoms with Gasteiger partial charge in [0.2, 0.25) is 5.91 Å². The molecule has 5 nitrogen and oxygen atoms in total. The summed E-state index contributed by atoms with van der Waals surface area (Å²) in [5, 5.41) is 11.1. The molecular formula is C16H18N4O. The SMILES string of the molecule is CC(CC(=O)Nc1ccccc1)N=NCc1ccncc1. The summed E-state index contributed by atoms with van der Waals surface area (Å²) in [4.78, 5) is 15.8. The van der Waals surface area contributed by atoms with Gasteiger partial charge in [-0.15, -0.1) is 0 Å². The van der Waals surface area contributed by atoms with Crippen molar-refractivity contribution in [3.05, 3.63) is 60.4 Å². The molecule has 5 heteroatoms. The Morgan fingerprint density at radius 3 is 2.62 bits per heavy atom. The molecule has 0 saturated heterocycles. The van der Waals surface area contributed by atoms with Gasteiger partial charge in [-0.3, -0.25) is 9.78 Å². The molecule has 0 radical (unpaired) electrons. The highest BCUT2D eigenvalue weighted by atomic mass is 16.1. The van der Waals surface area contributed by atoms with Crippen molar-refractivity contribution in [1.82, 2.24) is 4.98 Å². The minimum absolute atomic E-state index is 0.0587. The molecule has 108 valence electrons. The van der Waals surface area contributed by atoms with E-state index in [-0.39, 0.29) is 11.9 Å². The number of para-hydroxylation sites is 1. The van der Waals surface area contributed by atoms with Crippen molar-refractivity contribution in [3.8, 4) is 0 Å². The molecule has 1 N–H and O–H groups in total. The fourth-order valence-electron chi connectivity index (χ4n) is 1.79. The first-order valence-electron chi connectivity index (χ1n) is 6.84. The predicted molar refractivity (Wildman–Crippen MR) is 81.9 cm³/mol. The van der Waals surface area contributed by atoms with Crippen LogP contribution in [0.1, 0.15) is 18.9 Å². The van der Waals surface area contributed by atoms with Crippen molar-refractivity contribution in [2.24, 2.45) is 10.2 Å². The van der Waals surface area contributed by atoms with E-state index in [0.29, 0.717) is 13.0 Å². The van der Waals surface area contributed by atoms with Gasteiger partial charge in [0.1, 0.15) is 0 Å². The first kappa shape index (κ1) is 14.8. The van der Waals surface area contributed by atoms with Gasteiger partial charge in [0.15, 0.2) is 0 Å². The number of aromatic nitrogens is 1. The number of rotatable bonds is 6. The number of anilines is 1. The Labute approximate surface area is 124 Å². The van der Waals surface area contributed by atoms with E-state index in [2.05, 4.69) is 20.5 Å². The van der Waals surface area contributed by atoms with Crippen molar-refractivity contribution in [1.29, 1.82) is 0 Å². The zero-order valence-electron chi connectivity index (χ0n) is 11.9. The highest BCUT2D eigenvalue weighted by molar-refractivity contribution is 5.90. The van der Waals surface area contributed by atoms with Crippen LogP contribution in [0.3, 0.4) is 0 Å². The Kier molecular flexibility index (Phi) is 5.58. The summed E-state index contributed by atoms with van der Waals surface area (Å²) in [6.45, 7) is 2.38. The average molecular weight is 282 g/mol. The molecule has 21 heavy (non-hydrogen) atoms. The Bertz CT molecular complexity index is 584. The number of hydrogen-bond acceptors (Lipinski definition) is 4. The van der Waals surface area contributed by atoms with Crippen LogP contribution < -0.4 is 5.32 Å². The van der Waals surface area contributed by atoms with Crippen LogP contribution >= 0.6 is 0 Å². The Balaban J connectivity index is 1.76. The molecule has 1 unspecified atom stereocenters. The largest absolute Gasteiger partial charge is 0.326 e. The van der Waals surface area contributed by atoms with Gasteiger partial charge in [-0.1, -0.05) is 18.2 Å². The van der Waals surface area contributed by atoms with E-state index < -0.39 is 0 Å². The van der Waals surface area contributed by atoms with Crippen molar-refractivity contribution in [3.63, 3.8) is 0 Å². The molecule has 0 fully saturated rings. The number of amides is 1. The van der Waals surface area contributed by atoms with Crippen LogP contribution in [0.2, 0.25) is 0 Å². The molecule has 0 saturated carbocycles. The predicted octanol–water partition coefficient (Wildman–Crippen LogP) is 3.45. The van der Waals surface area contributed by atoms with E-state index in [9.17, 15) is 4.79 Å². The van der Waals surface area contributed by atoms with Crippen LogP contribution in [0.15, 0.2) is 65.1 Å². The summed E-state index contributed by atoms with van der Waals surface area (Å²) < 4.78 is 0. The van der Waals surface area contributed by atoms with Crippen LogP contribution in [0.5, 0.6) is 0 Å². The third-order valence-corrected chi connectivity index (χ3v) is 2.82. The molecule has 2 aromatic rings. The van der Waals surface area contributed by atoms with Gasteiger partial charge in [0.05, 0.1) is 19.0 Å². The van der Waals surface area contributed by atoms with E-state index in [1.54, 1.807) is 12.4 Å². The molecule has 2 rings (SSSR count). The minimum atomic E-state index is -0.143. The second-order valence-electron chi connectivity index (χ2n) is 4.74. The second kappa shape index (κ2) is 7.89. The number of pyridine rings is 1. The van der Waals surface area contributed by atoms with Crippen molar-refractivity contribution >= 4 is 11.6 Å². The van der Waals surface area contributed by atoms with E-state index >= 15 is 0 Å². The van der Waals surface area contributed by atoms with Gasteiger partial charge in [-0.05, 0) is 36.8 Å². The van der Waals surface area contributed by atoms with Gasteiger partial charge >= 0.3 is 0 Å². The van der Waals surface area contributed by atoms with Gasteiger partial charge in [0.25, 0.3) is 0 Å². The first-order chi connectivity index (χ1) is 10.2. The van der Waals surface area contributed by atoms with E-state index in [0.717, 1.165) is 11.3 Å². The number of azo groups is 1. The van der Waals surface area contributed by atoms with Crippen LogP contribution in [0, 0.1) is 0 Å². The maximum atomic E-state index is 11.8. The lowest BCUT2D eigenvalue weighted by molar-refractivity contribution is -0.116. The average Bonchev–Trinajstić information content (AvgIpc) is 2.49. The number of carbonyl (C=O) groups is 1. The highest BCUT2D eigenvalue weighted by Crippen LogP contribution is 2.08. The number of carbonyl (C=O) groups excluding carboxylic acids is 1. The summed E-state index contributed by atoms with van der Waals surface area (Å²) in [5.41, 5.74) is 1.85.